The van der Waals surface area contributed by atoms with Crippen LogP contribution in [0.5, 0.6) is 0 Å². The summed E-state index contributed by atoms with van der Waals surface area (Å²) in [4.78, 5) is 0. The minimum absolute atomic E-state index is 0.427. The second-order valence-corrected chi connectivity index (χ2v) is 12.5. The molecule has 0 N–H and O–H groups in total. The molecule has 1 rings (SSSR count). The number of rotatable bonds is 27. The van der Waals surface area contributed by atoms with Gasteiger partial charge in [0.25, 0.3) is 0 Å². The van der Waals surface area contributed by atoms with Gasteiger partial charge in [0.05, 0.1) is 0 Å². The summed E-state index contributed by atoms with van der Waals surface area (Å²) in [5.74, 6) is 0.888. The van der Waals surface area contributed by atoms with Gasteiger partial charge in [0.1, 0.15) is 0 Å². The summed E-state index contributed by atoms with van der Waals surface area (Å²) in [7, 11) is 0. The van der Waals surface area contributed by atoms with Crippen molar-refractivity contribution in [2.24, 2.45) is 11.3 Å². The van der Waals surface area contributed by atoms with E-state index in [4.69, 9.17) is 0 Å². The van der Waals surface area contributed by atoms with Gasteiger partial charge in [-0.2, -0.15) is 0 Å². The lowest BCUT2D eigenvalue weighted by Crippen LogP contribution is -2.30. The fourth-order valence-corrected chi connectivity index (χ4v) is 6.60. The smallest absolute Gasteiger partial charge is 0.00819 e. The van der Waals surface area contributed by atoms with E-state index >= 15 is 0 Å². The lowest BCUT2D eigenvalue weighted by atomic mass is 9.64. The van der Waals surface area contributed by atoms with Crippen molar-refractivity contribution in [1.29, 1.82) is 0 Å². The Bertz CT molecular complexity index is 526. The highest BCUT2D eigenvalue weighted by Crippen LogP contribution is 2.48. The second kappa shape index (κ2) is 23.6. The van der Waals surface area contributed by atoms with Crippen molar-refractivity contribution >= 4 is 0 Å². The van der Waals surface area contributed by atoms with Gasteiger partial charge in [-0.25, -0.2) is 0 Å². The Labute approximate surface area is 229 Å². The zero-order valence-corrected chi connectivity index (χ0v) is 25.7. The average Bonchev–Trinajstić information content (AvgIpc) is 3.44. The van der Waals surface area contributed by atoms with E-state index in [1.807, 2.05) is 0 Å². The van der Waals surface area contributed by atoms with Crippen molar-refractivity contribution in [2.75, 3.05) is 0 Å². The molecule has 0 radical (unpaired) electrons. The van der Waals surface area contributed by atoms with Crippen molar-refractivity contribution in [3.8, 4) is 0 Å². The van der Waals surface area contributed by atoms with Gasteiger partial charge in [-0.15, -0.1) is 0 Å². The van der Waals surface area contributed by atoms with Crippen molar-refractivity contribution < 1.29 is 0 Å². The summed E-state index contributed by atoms with van der Waals surface area (Å²) in [5, 5.41) is 0. The van der Waals surface area contributed by atoms with Crippen molar-refractivity contribution in [1.82, 2.24) is 0 Å². The number of unbranched alkanes of at least 4 members (excludes halogenated alkanes) is 19. The average molecular weight is 501 g/mol. The molecule has 0 aromatic rings. The lowest BCUT2D eigenvalue weighted by Gasteiger charge is -2.40. The monoisotopic (exact) mass is 501 g/mol. The molecule has 0 aromatic carbocycles. The maximum atomic E-state index is 2.68. The molecule has 1 aliphatic carbocycles. The van der Waals surface area contributed by atoms with E-state index in [-0.39, 0.29) is 0 Å². The predicted molar refractivity (Wildman–Crippen MR) is 166 cm³/mol. The third-order valence-corrected chi connectivity index (χ3v) is 9.27. The molecule has 0 amide bonds. The van der Waals surface area contributed by atoms with Crippen LogP contribution in [0, 0.1) is 11.3 Å². The first kappa shape index (κ1) is 33.5. The molecule has 0 heterocycles. The van der Waals surface area contributed by atoms with Gasteiger partial charge in [0.15, 0.2) is 0 Å². The van der Waals surface area contributed by atoms with Gasteiger partial charge in [-0.05, 0) is 37.0 Å². The van der Waals surface area contributed by atoms with Gasteiger partial charge in [-0.3, -0.25) is 0 Å². The van der Waals surface area contributed by atoms with Crippen LogP contribution in [0.15, 0.2) is 23.8 Å². The Hall–Kier alpha value is -0.520. The molecule has 2 atom stereocenters. The number of hydrogen-bond acceptors (Lipinski definition) is 0. The van der Waals surface area contributed by atoms with Crippen molar-refractivity contribution in [2.45, 2.75) is 195 Å². The molecule has 0 fully saturated rings. The molecule has 0 aromatic heterocycles. The van der Waals surface area contributed by atoms with Gasteiger partial charge in [0.2, 0.25) is 0 Å². The maximum Gasteiger partial charge on any atom is -0.00819 e. The van der Waals surface area contributed by atoms with Crippen LogP contribution in [-0.4, -0.2) is 0 Å². The summed E-state index contributed by atoms with van der Waals surface area (Å²) in [5.41, 5.74) is 2.19. The van der Waals surface area contributed by atoms with Crippen LogP contribution < -0.4 is 0 Å². The molecule has 212 valence electrons. The third-order valence-electron chi connectivity index (χ3n) is 9.27. The quantitative estimate of drug-likeness (QED) is 0.0983. The zero-order valence-electron chi connectivity index (χ0n) is 25.7. The second-order valence-electron chi connectivity index (χ2n) is 12.5. The highest BCUT2D eigenvalue weighted by molar-refractivity contribution is 5.29. The molecule has 1 aliphatic rings. The SMILES string of the molecule is CCCCCCCCCCC(CCCCCCCC)C(C)(CCCCCCCCCC)C1=CC=CC1. The van der Waals surface area contributed by atoms with Gasteiger partial charge >= 0.3 is 0 Å². The minimum atomic E-state index is 0.427. The first-order chi connectivity index (χ1) is 17.7. The van der Waals surface area contributed by atoms with Crippen LogP contribution in [0.4, 0.5) is 0 Å². The summed E-state index contributed by atoms with van der Waals surface area (Å²) in [6, 6.07) is 0. The number of allylic oxidation sites excluding steroid dienone is 4. The first-order valence-electron chi connectivity index (χ1n) is 17.0. The fraction of sp³-hybridized carbons (Fsp3) is 0.889. The predicted octanol–water partition coefficient (Wildman–Crippen LogP) is 13.3. The topological polar surface area (TPSA) is 0 Å². The van der Waals surface area contributed by atoms with Gasteiger partial charge in [-0.1, -0.05) is 193 Å². The highest BCUT2D eigenvalue weighted by atomic mass is 14.4. The van der Waals surface area contributed by atoms with E-state index in [1.165, 1.54) is 167 Å². The summed E-state index contributed by atoms with van der Waals surface area (Å²) < 4.78 is 0. The molecule has 0 aliphatic heterocycles. The van der Waals surface area contributed by atoms with Crippen molar-refractivity contribution in [3.63, 3.8) is 0 Å². The van der Waals surface area contributed by atoms with Gasteiger partial charge < -0.3 is 0 Å². The van der Waals surface area contributed by atoms with E-state index in [0.717, 1.165) is 5.92 Å². The molecule has 2 unspecified atom stereocenters. The highest BCUT2D eigenvalue weighted by Gasteiger charge is 2.36. The molecule has 36 heavy (non-hydrogen) atoms. The first-order valence-corrected chi connectivity index (χ1v) is 17.0. The van der Waals surface area contributed by atoms with Crippen LogP contribution in [0.25, 0.3) is 0 Å². The van der Waals surface area contributed by atoms with Crippen LogP contribution >= 0.6 is 0 Å². The molecule has 0 saturated carbocycles. The normalized spacial score (nSPS) is 15.8. The number of hydrogen-bond donors (Lipinski definition) is 0. The summed E-state index contributed by atoms with van der Waals surface area (Å²) >= 11 is 0. The Kier molecular flexibility index (Phi) is 22.0. The minimum Gasteiger partial charge on any atom is -0.0804 e. The third kappa shape index (κ3) is 15.7. The van der Waals surface area contributed by atoms with Crippen LogP contribution in [0.1, 0.15) is 195 Å². The Morgan fingerprint density at radius 2 is 0.944 bits per heavy atom. The zero-order chi connectivity index (χ0) is 26.2. The van der Waals surface area contributed by atoms with Crippen LogP contribution in [0.3, 0.4) is 0 Å². The van der Waals surface area contributed by atoms with E-state index in [2.05, 4.69) is 45.9 Å². The lowest BCUT2D eigenvalue weighted by molar-refractivity contribution is 0.175. The van der Waals surface area contributed by atoms with Crippen LogP contribution in [0.2, 0.25) is 0 Å². The molecule has 0 bridgehead atoms. The standard InChI is InChI=1S/C36H68/c1-5-8-11-14-17-19-22-25-30-34(29-24-21-16-13-10-7-3)36(4,35-31-26-27-32-35)33-28-23-20-18-15-12-9-6-2/h26-27,31,34H,5-25,28-30,32-33H2,1-4H3. The largest absolute Gasteiger partial charge is 0.0804 e. The van der Waals surface area contributed by atoms with Gasteiger partial charge in [0, 0.05) is 0 Å². The van der Waals surface area contributed by atoms with E-state index in [0.29, 0.717) is 5.41 Å². The fourth-order valence-electron chi connectivity index (χ4n) is 6.60. The summed E-state index contributed by atoms with van der Waals surface area (Å²) in [6.45, 7) is 9.66. The molecule has 0 heteroatoms. The van der Waals surface area contributed by atoms with E-state index in [1.54, 1.807) is 5.57 Å². The molecule has 0 saturated heterocycles. The Balaban J connectivity index is 2.60. The van der Waals surface area contributed by atoms with Crippen molar-refractivity contribution in [3.05, 3.63) is 23.8 Å². The Morgan fingerprint density at radius 3 is 1.33 bits per heavy atom. The van der Waals surface area contributed by atoms with E-state index < -0.39 is 0 Å². The molecule has 0 nitrogen and oxygen atoms in total. The molecule has 0 spiro atoms. The van der Waals surface area contributed by atoms with E-state index in [9.17, 15) is 0 Å². The molecular weight excluding hydrogens is 432 g/mol. The Morgan fingerprint density at radius 1 is 0.556 bits per heavy atom. The summed E-state index contributed by atoms with van der Waals surface area (Å²) in [6.07, 6.45) is 44.5. The maximum absolute atomic E-state index is 2.68. The molecular formula is C36H68. The van der Waals surface area contributed by atoms with Crippen LogP contribution in [-0.2, 0) is 0 Å².